The second-order valence-electron chi connectivity index (χ2n) is 5.44. The van der Waals surface area contributed by atoms with Crippen LogP contribution in [0.3, 0.4) is 0 Å². The summed E-state index contributed by atoms with van der Waals surface area (Å²) in [4.78, 5) is 0. The Kier molecular flexibility index (Phi) is 3.77. The summed E-state index contributed by atoms with van der Waals surface area (Å²) in [7, 11) is 0. The van der Waals surface area contributed by atoms with Crippen LogP contribution in [-0.4, -0.2) is 11.2 Å². The third-order valence-electron chi connectivity index (χ3n) is 4.03. The maximum absolute atomic E-state index is 9.41. The smallest absolute Gasteiger partial charge is 0.0572 e. The Hall–Kier alpha value is -0.560. The number of hydrogen-bond donors (Lipinski definition) is 1. The third kappa shape index (κ3) is 2.72. The van der Waals surface area contributed by atoms with Crippen LogP contribution in [0.15, 0.2) is 23.8 Å². The van der Waals surface area contributed by atoms with Gasteiger partial charge in [0.15, 0.2) is 0 Å². The second-order valence-corrected chi connectivity index (χ2v) is 5.44. The van der Waals surface area contributed by atoms with Gasteiger partial charge in [-0.2, -0.15) is 0 Å². The van der Waals surface area contributed by atoms with Gasteiger partial charge in [-0.15, -0.1) is 0 Å². The van der Waals surface area contributed by atoms with Gasteiger partial charge in [0.05, 0.1) is 6.10 Å². The van der Waals surface area contributed by atoms with Gasteiger partial charge in [0.2, 0.25) is 0 Å². The van der Waals surface area contributed by atoms with Gasteiger partial charge < -0.3 is 5.11 Å². The van der Waals surface area contributed by atoms with Crippen LogP contribution in [0.4, 0.5) is 0 Å². The van der Waals surface area contributed by atoms with Gasteiger partial charge in [-0.3, -0.25) is 0 Å². The van der Waals surface area contributed by atoms with Crippen LogP contribution in [0, 0.1) is 17.3 Å². The minimum absolute atomic E-state index is 0.250. The monoisotopic (exact) mass is 208 g/mol. The Balaban J connectivity index is 2.62. The molecule has 0 saturated heterocycles. The highest BCUT2D eigenvalue weighted by Crippen LogP contribution is 2.43. The van der Waals surface area contributed by atoms with Crippen molar-refractivity contribution in [1.29, 1.82) is 0 Å². The van der Waals surface area contributed by atoms with E-state index in [1.54, 1.807) is 0 Å². The zero-order chi connectivity index (χ0) is 11.6. The Labute approximate surface area is 93.9 Å². The van der Waals surface area contributed by atoms with E-state index in [1.165, 1.54) is 5.57 Å². The van der Waals surface area contributed by atoms with Gasteiger partial charge >= 0.3 is 0 Å². The summed E-state index contributed by atoms with van der Waals surface area (Å²) in [6, 6.07) is 0. The van der Waals surface area contributed by atoms with Crippen molar-refractivity contribution in [3.8, 4) is 0 Å². The van der Waals surface area contributed by atoms with Crippen molar-refractivity contribution in [3.05, 3.63) is 23.8 Å². The van der Waals surface area contributed by atoms with E-state index in [9.17, 15) is 5.11 Å². The molecule has 0 radical (unpaired) electrons. The minimum Gasteiger partial charge on any atom is -0.393 e. The maximum atomic E-state index is 9.41. The molecule has 15 heavy (non-hydrogen) atoms. The van der Waals surface area contributed by atoms with E-state index >= 15 is 0 Å². The summed E-state index contributed by atoms with van der Waals surface area (Å²) in [6.45, 7) is 10.7. The van der Waals surface area contributed by atoms with Crippen LogP contribution in [-0.2, 0) is 0 Å². The standard InChI is InChI=1S/C14H24O/c1-10(12(3)15)6-8-13-9-7-11(2)14(13,4)5/h6-8,10,12-13,15H,9H2,1-5H3/t10-,12-,13?/m1/s1. The maximum Gasteiger partial charge on any atom is 0.0572 e. The number of hydrogen-bond acceptors (Lipinski definition) is 1. The Morgan fingerprint density at radius 3 is 2.47 bits per heavy atom. The highest BCUT2D eigenvalue weighted by Gasteiger charge is 2.32. The lowest BCUT2D eigenvalue weighted by atomic mass is 9.77. The molecular formula is C14H24O. The number of rotatable bonds is 3. The molecule has 0 aromatic heterocycles. The molecule has 0 bridgehead atoms. The lowest BCUT2D eigenvalue weighted by Crippen LogP contribution is -2.19. The molecule has 0 fully saturated rings. The van der Waals surface area contributed by atoms with E-state index in [4.69, 9.17) is 0 Å². The summed E-state index contributed by atoms with van der Waals surface area (Å²) < 4.78 is 0. The highest BCUT2D eigenvalue weighted by molar-refractivity contribution is 5.22. The average Bonchev–Trinajstić information content (AvgIpc) is 2.39. The van der Waals surface area contributed by atoms with Crippen molar-refractivity contribution in [2.45, 2.75) is 47.1 Å². The summed E-state index contributed by atoms with van der Waals surface area (Å²) >= 11 is 0. The van der Waals surface area contributed by atoms with Crippen LogP contribution in [0.25, 0.3) is 0 Å². The van der Waals surface area contributed by atoms with E-state index < -0.39 is 0 Å². The van der Waals surface area contributed by atoms with Crippen molar-refractivity contribution in [2.75, 3.05) is 0 Å². The van der Waals surface area contributed by atoms with Gasteiger partial charge in [-0.1, -0.05) is 44.6 Å². The van der Waals surface area contributed by atoms with Crippen LogP contribution >= 0.6 is 0 Å². The molecule has 1 aliphatic rings. The first-order valence-electron chi connectivity index (χ1n) is 5.89. The van der Waals surface area contributed by atoms with Crippen molar-refractivity contribution in [1.82, 2.24) is 0 Å². The predicted octanol–water partition coefficient (Wildman–Crippen LogP) is 3.55. The van der Waals surface area contributed by atoms with E-state index in [0.717, 1.165) is 6.42 Å². The fourth-order valence-electron chi connectivity index (χ4n) is 1.94. The predicted molar refractivity (Wildman–Crippen MR) is 65.6 cm³/mol. The van der Waals surface area contributed by atoms with Crippen LogP contribution in [0.1, 0.15) is 41.0 Å². The van der Waals surface area contributed by atoms with E-state index in [0.29, 0.717) is 5.92 Å². The number of aliphatic hydroxyl groups is 1. The molecule has 1 rings (SSSR count). The highest BCUT2D eigenvalue weighted by atomic mass is 16.3. The van der Waals surface area contributed by atoms with E-state index in [1.807, 2.05) is 6.92 Å². The minimum atomic E-state index is -0.250. The number of aliphatic hydroxyl groups excluding tert-OH is 1. The third-order valence-corrected chi connectivity index (χ3v) is 4.03. The average molecular weight is 208 g/mol. The zero-order valence-electron chi connectivity index (χ0n) is 10.6. The fourth-order valence-corrected chi connectivity index (χ4v) is 1.94. The summed E-state index contributed by atoms with van der Waals surface area (Å²) in [5.74, 6) is 0.848. The van der Waals surface area contributed by atoms with Crippen LogP contribution < -0.4 is 0 Å². The van der Waals surface area contributed by atoms with Crippen LogP contribution in [0.5, 0.6) is 0 Å². The van der Waals surface area contributed by atoms with E-state index in [2.05, 4.69) is 45.9 Å². The molecule has 0 amide bonds. The molecule has 0 heterocycles. The SMILES string of the molecule is CC1=CCC(C=C[C@@H](C)[C@@H](C)O)C1(C)C. The lowest BCUT2D eigenvalue weighted by molar-refractivity contribution is 0.156. The molecule has 0 saturated carbocycles. The quantitative estimate of drug-likeness (QED) is 0.703. The Morgan fingerprint density at radius 1 is 1.47 bits per heavy atom. The fraction of sp³-hybridized carbons (Fsp3) is 0.714. The van der Waals surface area contributed by atoms with Crippen molar-refractivity contribution in [3.63, 3.8) is 0 Å². The second kappa shape index (κ2) is 4.52. The van der Waals surface area contributed by atoms with Crippen molar-refractivity contribution >= 4 is 0 Å². The Morgan fingerprint density at radius 2 is 2.07 bits per heavy atom. The lowest BCUT2D eigenvalue weighted by Gasteiger charge is -2.27. The molecule has 0 spiro atoms. The molecular weight excluding hydrogens is 184 g/mol. The summed E-state index contributed by atoms with van der Waals surface area (Å²) in [5.41, 5.74) is 1.77. The van der Waals surface area contributed by atoms with Gasteiger partial charge in [0, 0.05) is 0 Å². The first-order chi connectivity index (χ1) is 6.85. The van der Waals surface area contributed by atoms with Crippen molar-refractivity contribution < 1.29 is 5.11 Å². The van der Waals surface area contributed by atoms with Crippen LogP contribution in [0.2, 0.25) is 0 Å². The largest absolute Gasteiger partial charge is 0.393 e. The van der Waals surface area contributed by atoms with E-state index in [-0.39, 0.29) is 17.4 Å². The first kappa shape index (κ1) is 12.5. The molecule has 0 aromatic rings. The van der Waals surface area contributed by atoms with Gasteiger partial charge in [-0.05, 0) is 37.5 Å². The molecule has 1 aliphatic carbocycles. The molecule has 1 heteroatoms. The van der Waals surface area contributed by atoms with Gasteiger partial charge in [-0.25, -0.2) is 0 Å². The molecule has 3 atom stereocenters. The summed E-state index contributed by atoms with van der Waals surface area (Å²) in [6.07, 6.45) is 7.66. The van der Waals surface area contributed by atoms with Gasteiger partial charge in [0.25, 0.3) is 0 Å². The molecule has 86 valence electrons. The molecule has 0 aromatic carbocycles. The number of allylic oxidation sites excluding steroid dienone is 3. The van der Waals surface area contributed by atoms with Crippen molar-refractivity contribution in [2.24, 2.45) is 17.3 Å². The Bertz CT molecular complexity index is 271. The molecule has 1 unspecified atom stereocenters. The van der Waals surface area contributed by atoms with Gasteiger partial charge in [0.1, 0.15) is 0 Å². The first-order valence-corrected chi connectivity index (χ1v) is 5.89. The zero-order valence-corrected chi connectivity index (χ0v) is 10.6. The molecule has 1 nitrogen and oxygen atoms in total. The normalized spacial score (nSPS) is 29.2. The topological polar surface area (TPSA) is 20.2 Å². The molecule has 0 aliphatic heterocycles. The molecule has 1 N–H and O–H groups in total. The summed E-state index contributed by atoms with van der Waals surface area (Å²) in [5, 5.41) is 9.41.